The van der Waals surface area contributed by atoms with Crippen LogP contribution < -0.4 is 14.4 Å². The zero-order valence-electron chi connectivity index (χ0n) is 12.1. The van der Waals surface area contributed by atoms with Crippen LogP contribution in [0.1, 0.15) is 22.9 Å². The number of methoxy groups -OCH3 is 2. The van der Waals surface area contributed by atoms with Crippen molar-refractivity contribution >= 4 is 0 Å². The van der Waals surface area contributed by atoms with Gasteiger partial charge in [-0.3, -0.25) is 0 Å². The van der Waals surface area contributed by atoms with Crippen LogP contribution in [0.4, 0.5) is 0 Å². The van der Waals surface area contributed by atoms with E-state index >= 15 is 0 Å². The molecule has 0 aliphatic carbocycles. The number of hydrogen-bond donors (Lipinski definition) is 1. The minimum Gasteiger partial charge on any atom is -0.493 e. The van der Waals surface area contributed by atoms with Gasteiger partial charge in [0.15, 0.2) is 23.3 Å². The standard InChI is InChI=1S/C16H19NO3/c1-17-7-6-11-9-14(18-2)15(19-3)10-12(11)16(17)13-5-4-8-20-13/h4-5,8-10,16H,6-7H2,1-3H3/p+1/t16-/m1/s1. The number of nitrogens with one attached hydrogen (secondary N) is 1. The number of furan rings is 1. The summed E-state index contributed by atoms with van der Waals surface area (Å²) >= 11 is 0. The van der Waals surface area contributed by atoms with E-state index in [1.54, 1.807) is 20.5 Å². The number of fused-ring (bicyclic) bond motifs is 1. The summed E-state index contributed by atoms with van der Waals surface area (Å²) in [5.41, 5.74) is 2.58. The molecule has 0 radical (unpaired) electrons. The Kier molecular flexibility index (Phi) is 3.40. The highest BCUT2D eigenvalue weighted by Gasteiger charge is 2.33. The van der Waals surface area contributed by atoms with Crippen molar-refractivity contribution in [3.05, 3.63) is 47.4 Å². The lowest BCUT2D eigenvalue weighted by atomic mass is 9.91. The van der Waals surface area contributed by atoms with Gasteiger partial charge in [-0.1, -0.05) is 0 Å². The molecule has 1 aromatic carbocycles. The summed E-state index contributed by atoms with van der Waals surface area (Å²) in [6, 6.07) is 8.38. The quantitative estimate of drug-likeness (QED) is 0.920. The maximum Gasteiger partial charge on any atom is 0.172 e. The molecule has 1 aliphatic rings. The zero-order chi connectivity index (χ0) is 14.1. The molecule has 1 N–H and O–H groups in total. The second-order valence-electron chi connectivity index (χ2n) is 5.20. The normalized spacial score (nSPS) is 21.4. The van der Waals surface area contributed by atoms with Crippen LogP contribution >= 0.6 is 0 Å². The Morgan fingerprint density at radius 3 is 2.60 bits per heavy atom. The Labute approximate surface area is 118 Å². The predicted molar refractivity (Wildman–Crippen MR) is 75.6 cm³/mol. The van der Waals surface area contributed by atoms with E-state index in [0.717, 1.165) is 30.2 Å². The van der Waals surface area contributed by atoms with Crippen molar-refractivity contribution in [2.75, 3.05) is 27.8 Å². The molecule has 4 nitrogen and oxygen atoms in total. The van der Waals surface area contributed by atoms with E-state index in [4.69, 9.17) is 13.9 Å². The molecule has 1 aromatic heterocycles. The van der Waals surface area contributed by atoms with E-state index in [0.29, 0.717) is 0 Å². The molecule has 2 aromatic rings. The van der Waals surface area contributed by atoms with Crippen LogP contribution in [-0.4, -0.2) is 27.8 Å². The highest BCUT2D eigenvalue weighted by atomic mass is 16.5. The second-order valence-corrected chi connectivity index (χ2v) is 5.20. The van der Waals surface area contributed by atoms with Crippen molar-refractivity contribution in [3.8, 4) is 11.5 Å². The average Bonchev–Trinajstić information content (AvgIpc) is 2.99. The molecule has 3 rings (SSSR count). The SMILES string of the molecule is COc1cc2c(cc1OC)[C@H](c1ccco1)[NH+](C)CC2. The molecule has 1 aliphatic heterocycles. The number of ether oxygens (including phenoxy) is 2. The fraction of sp³-hybridized carbons (Fsp3) is 0.375. The minimum absolute atomic E-state index is 0.216. The van der Waals surface area contributed by atoms with Crippen molar-refractivity contribution in [2.24, 2.45) is 0 Å². The highest BCUT2D eigenvalue weighted by Crippen LogP contribution is 2.35. The maximum atomic E-state index is 5.64. The molecule has 20 heavy (non-hydrogen) atoms. The Morgan fingerprint density at radius 1 is 1.20 bits per heavy atom. The molecular weight excluding hydrogens is 254 g/mol. The van der Waals surface area contributed by atoms with E-state index in [9.17, 15) is 0 Å². The number of quaternary nitrogens is 1. The average molecular weight is 274 g/mol. The first-order valence-corrected chi connectivity index (χ1v) is 6.85. The van der Waals surface area contributed by atoms with Gasteiger partial charge in [0.2, 0.25) is 0 Å². The number of likely N-dealkylation sites (N-methyl/N-ethyl adjacent to an activating group) is 1. The third kappa shape index (κ3) is 2.06. The van der Waals surface area contributed by atoms with Crippen molar-refractivity contribution in [3.63, 3.8) is 0 Å². The topological polar surface area (TPSA) is 36.0 Å². The summed E-state index contributed by atoms with van der Waals surface area (Å²) < 4.78 is 16.5. The van der Waals surface area contributed by atoms with Crippen LogP contribution in [0.15, 0.2) is 34.9 Å². The van der Waals surface area contributed by atoms with Crippen LogP contribution in [0, 0.1) is 0 Å². The van der Waals surface area contributed by atoms with Crippen molar-refractivity contribution in [1.29, 1.82) is 0 Å². The molecule has 4 heteroatoms. The summed E-state index contributed by atoms with van der Waals surface area (Å²) in [6.07, 6.45) is 2.77. The third-order valence-corrected chi connectivity index (χ3v) is 4.07. The van der Waals surface area contributed by atoms with Crippen LogP contribution in [0.3, 0.4) is 0 Å². The van der Waals surface area contributed by atoms with Crippen LogP contribution in [0.25, 0.3) is 0 Å². The van der Waals surface area contributed by atoms with E-state index in [1.807, 2.05) is 12.1 Å². The molecule has 2 heterocycles. The van der Waals surface area contributed by atoms with Gasteiger partial charge in [0, 0.05) is 12.0 Å². The highest BCUT2D eigenvalue weighted by molar-refractivity contribution is 5.49. The van der Waals surface area contributed by atoms with Gasteiger partial charge in [0.05, 0.1) is 34.1 Å². The van der Waals surface area contributed by atoms with Crippen LogP contribution in [-0.2, 0) is 6.42 Å². The first kappa shape index (κ1) is 13.1. The van der Waals surface area contributed by atoms with Gasteiger partial charge in [-0.15, -0.1) is 0 Å². The summed E-state index contributed by atoms with van der Waals surface area (Å²) in [6.45, 7) is 1.08. The lowest BCUT2D eigenvalue weighted by Gasteiger charge is -2.31. The molecule has 0 saturated heterocycles. The summed E-state index contributed by atoms with van der Waals surface area (Å²) in [7, 11) is 5.55. The van der Waals surface area contributed by atoms with Crippen molar-refractivity contribution < 1.29 is 18.8 Å². The fourth-order valence-corrected chi connectivity index (χ4v) is 3.02. The summed E-state index contributed by atoms with van der Waals surface area (Å²) in [4.78, 5) is 1.43. The number of benzene rings is 1. The molecular formula is C16H20NO3+. The lowest BCUT2D eigenvalue weighted by molar-refractivity contribution is -0.909. The molecule has 2 atom stereocenters. The van der Waals surface area contributed by atoms with Gasteiger partial charge >= 0.3 is 0 Å². The van der Waals surface area contributed by atoms with Gasteiger partial charge in [-0.05, 0) is 29.8 Å². The maximum absolute atomic E-state index is 5.64. The molecule has 0 saturated carbocycles. The molecule has 0 bridgehead atoms. The molecule has 0 fully saturated rings. The van der Waals surface area contributed by atoms with Crippen molar-refractivity contribution in [2.45, 2.75) is 12.5 Å². The first-order valence-electron chi connectivity index (χ1n) is 6.85. The predicted octanol–water partition coefficient (Wildman–Crippen LogP) is 1.46. The number of rotatable bonds is 3. The second kappa shape index (κ2) is 5.21. The monoisotopic (exact) mass is 274 g/mol. The number of hydrogen-bond acceptors (Lipinski definition) is 3. The van der Waals surface area contributed by atoms with Crippen LogP contribution in [0.5, 0.6) is 11.5 Å². The molecule has 1 unspecified atom stereocenters. The van der Waals surface area contributed by atoms with E-state index in [1.165, 1.54) is 16.0 Å². The summed E-state index contributed by atoms with van der Waals surface area (Å²) in [5, 5.41) is 0. The van der Waals surface area contributed by atoms with Crippen molar-refractivity contribution in [1.82, 2.24) is 0 Å². The molecule has 0 spiro atoms. The smallest absolute Gasteiger partial charge is 0.172 e. The largest absolute Gasteiger partial charge is 0.493 e. The van der Waals surface area contributed by atoms with Gasteiger partial charge in [0.25, 0.3) is 0 Å². The van der Waals surface area contributed by atoms with Gasteiger partial charge in [-0.2, -0.15) is 0 Å². The van der Waals surface area contributed by atoms with Crippen LogP contribution in [0.2, 0.25) is 0 Å². The Bertz CT molecular complexity index is 592. The minimum atomic E-state index is 0.216. The Balaban J connectivity index is 2.12. The third-order valence-electron chi connectivity index (χ3n) is 4.07. The van der Waals surface area contributed by atoms with E-state index in [2.05, 4.69) is 19.2 Å². The van der Waals surface area contributed by atoms with Gasteiger partial charge in [0.1, 0.15) is 0 Å². The molecule has 0 amide bonds. The lowest BCUT2D eigenvalue weighted by Crippen LogP contribution is -3.10. The first-order chi connectivity index (χ1) is 9.74. The Morgan fingerprint density at radius 2 is 1.95 bits per heavy atom. The van der Waals surface area contributed by atoms with Gasteiger partial charge in [-0.25, -0.2) is 0 Å². The van der Waals surface area contributed by atoms with E-state index in [-0.39, 0.29) is 6.04 Å². The molecule has 106 valence electrons. The summed E-state index contributed by atoms with van der Waals surface area (Å²) in [5.74, 6) is 2.57. The Hall–Kier alpha value is -1.94. The van der Waals surface area contributed by atoms with Gasteiger partial charge < -0.3 is 18.8 Å². The fourth-order valence-electron chi connectivity index (χ4n) is 3.02. The zero-order valence-corrected chi connectivity index (χ0v) is 12.1. The van der Waals surface area contributed by atoms with E-state index < -0.39 is 0 Å².